The first-order valence-electron chi connectivity index (χ1n) is 7.32. The van der Waals surface area contributed by atoms with E-state index >= 15 is 0 Å². The Morgan fingerprint density at radius 3 is 2.85 bits per heavy atom. The smallest absolute Gasteiger partial charge is 0.233 e. The average Bonchev–Trinajstić information content (AvgIpc) is 2.31. The minimum atomic E-state index is 0.231. The molecule has 1 aromatic heterocycles. The number of rotatable bonds is 4. The maximum atomic E-state index is 6.14. The third-order valence-corrected chi connectivity index (χ3v) is 4.22. The normalized spacial score (nSPS) is 25.2. The molecule has 1 saturated carbocycles. The van der Waals surface area contributed by atoms with E-state index in [0.29, 0.717) is 23.2 Å². The fourth-order valence-corrected chi connectivity index (χ4v) is 3.47. The summed E-state index contributed by atoms with van der Waals surface area (Å²) in [5, 5.41) is 3.11. The Balaban J connectivity index is 2.10. The summed E-state index contributed by atoms with van der Waals surface area (Å²) < 4.78 is 6.96. The quantitative estimate of drug-likeness (QED) is 0.888. The molecule has 2 atom stereocenters. The zero-order valence-corrected chi connectivity index (χ0v) is 14.3. The summed E-state index contributed by atoms with van der Waals surface area (Å²) in [6.45, 7) is 9.76. The van der Waals surface area contributed by atoms with Crippen LogP contribution in [0.2, 0.25) is 0 Å². The highest BCUT2D eigenvalue weighted by molar-refractivity contribution is 9.10. The highest BCUT2D eigenvalue weighted by atomic mass is 79.9. The van der Waals surface area contributed by atoms with Crippen molar-refractivity contribution in [2.24, 2.45) is 11.3 Å². The van der Waals surface area contributed by atoms with E-state index in [9.17, 15) is 0 Å². The van der Waals surface area contributed by atoms with E-state index in [4.69, 9.17) is 4.74 Å². The second-order valence-corrected chi connectivity index (χ2v) is 7.38. The molecule has 1 aromatic rings. The Labute approximate surface area is 129 Å². The molecule has 4 nitrogen and oxygen atoms in total. The Hall–Kier alpha value is -0.840. The van der Waals surface area contributed by atoms with Gasteiger partial charge in [0.1, 0.15) is 6.10 Å². The van der Waals surface area contributed by atoms with E-state index in [1.165, 1.54) is 6.42 Å². The lowest BCUT2D eigenvalue weighted by atomic mass is 9.71. The van der Waals surface area contributed by atoms with Crippen LogP contribution in [0.4, 0.5) is 5.95 Å². The molecule has 20 heavy (non-hydrogen) atoms. The zero-order chi connectivity index (χ0) is 14.8. The first kappa shape index (κ1) is 15.5. The molecule has 1 fully saturated rings. The standard InChI is InChI=1S/C15H24BrN3O/c1-5-17-14-18-9-12(16)13(19-14)20-11-6-10(2)7-15(3,4)8-11/h9-11H,5-8H2,1-4H3,(H,17,18,19). The maximum Gasteiger partial charge on any atom is 0.233 e. The van der Waals surface area contributed by atoms with Crippen molar-refractivity contribution in [3.8, 4) is 5.88 Å². The SMILES string of the molecule is CCNc1ncc(Br)c(OC2CC(C)CC(C)(C)C2)n1. The van der Waals surface area contributed by atoms with Crippen molar-refractivity contribution in [2.45, 2.75) is 53.1 Å². The summed E-state index contributed by atoms with van der Waals surface area (Å²) in [6, 6.07) is 0. The molecule has 0 radical (unpaired) electrons. The van der Waals surface area contributed by atoms with Crippen molar-refractivity contribution in [3.05, 3.63) is 10.7 Å². The minimum absolute atomic E-state index is 0.231. The number of aromatic nitrogens is 2. The van der Waals surface area contributed by atoms with Gasteiger partial charge in [0, 0.05) is 6.54 Å². The van der Waals surface area contributed by atoms with Crippen LogP contribution in [0.5, 0.6) is 5.88 Å². The van der Waals surface area contributed by atoms with Gasteiger partial charge in [0.2, 0.25) is 11.8 Å². The highest BCUT2D eigenvalue weighted by Gasteiger charge is 2.33. The van der Waals surface area contributed by atoms with E-state index in [1.54, 1.807) is 6.20 Å². The Morgan fingerprint density at radius 1 is 1.45 bits per heavy atom. The highest BCUT2D eigenvalue weighted by Crippen LogP contribution is 2.40. The molecule has 5 heteroatoms. The molecule has 1 aliphatic carbocycles. The summed E-state index contributed by atoms with van der Waals surface area (Å²) in [5.41, 5.74) is 0.340. The van der Waals surface area contributed by atoms with Crippen molar-refractivity contribution in [3.63, 3.8) is 0 Å². The lowest BCUT2D eigenvalue weighted by Gasteiger charge is -2.38. The van der Waals surface area contributed by atoms with Gasteiger partial charge in [-0.2, -0.15) is 4.98 Å². The van der Waals surface area contributed by atoms with E-state index in [0.717, 1.165) is 23.9 Å². The molecule has 1 heterocycles. The van der Waals surface area contributed by atoms with E-state index in [-0.39, 0.29) is 6.10 Å². The van der Waals surface area contributed by atoms with Gasteiger partial charge in [0.05, 0.1) is 10.7 Å². The number of ether oxygens (including phenoxy) is 1. The topological polar surface area (TPSA) is 47.0 Å². The van der Waals surface area contributed by atoms with Crippen LogP contribution < -0.4 is 10.1 Å². The molecule has 0 bridgehead atoms. The first-order valence-corrected chi connectivity index (χ1v) is 8.12. The summed E-state index contributed by atoms with van der Waals surface area (Å²) in [4.78, 5) is 8.65. The third kappa shape index (κ3) is 4.08. The molecule has 0 amide bonds. The van der Waals surface area contributed by atoms with Gasteiger partial charge in [-0.3, -0.25) is 0 Å². The summed E-state index contributed by atoms with van der Waals surface area (Å²) in [7, 11) is 0. The van der Waals surface area contributed by atoms with E-state index in [2.05, 4.69) is 52.0 Å². The van der Waals surface area contributed by atoms with Crippen LogP contribution in [-0.4, -0.2) is 22.6 Å². The monoisotopic (exact) mass is 341 g/mol. The molecule has 2 rings (SSSR count). The van der Waals surface area contributed by atoms with Crippen LogP contribution in [0.25, 0.3) is 0 Å². The lowest BCUT2D eigenvalue weighted by Crippen LogP contribution is -2.34. The van der Waals surface area contributed by atoms with Crippen molar-refractivity contribution < 1.29 is 4.74 Å². The molecule has 112 valence electrons. The molecule has 0 spiro atoms. The number of anilines is 1. The number of halogens is 1. The van der Waals surface area contributed by atoms with Gasteiger partial charge in [0.25, 0.3) is 0 Å². The van der Waals surface area contributed by atoms with Gasteiger partial charge in [-0.15, -0.1) is 0 Å². The second kappa shape index (κ2) is 6.29. The largest absolute Gasteiger partial charge is 0.473 e. The van der Waals surface area contributed by atoms with Crippen LogP contribution in [0.3, 0.4) is 0 Å². The second-order valence-electron chi connectivity index (χ2n) is 6.53. The van der Waals surface area contributed by atoms with Crippen LogP contribution >= 0.6 is 15.9 Å². The van der Waals surface area contributed by atoms with Gasteiger partial charge >= 0.3 is 0 Å². The van der Waals surface area contributed by atoms with Crippen LogP contribution in [0, 0.1) is 11.3 Å². The van der Waals surface area contributed by atoms with Crippen molar-refractivity contribution in [1.82, 2.24) is 9.97 Å². The molecular weight excluding hydrogens is 318 g/mol. The van der Waals surface area contributed by atoms with Crippen LogP contribution in [-0.2, 0) is 0 Å². The van der Waals surface area contributed by atoms with Crippen LogP contribution in [0.1, 0.15) is 47.0 Å². The Kier molecular flexibility index (Phi) is 4.89. The predicted molar refractivity (Wildman–Crippen MR) is 85.1 cm³/mol. The fraction of sp³-hybridized carbons (Fsp3) is 0.733. The summed E-state index contributed by atoms with van der Waals surface area (Å²) >= 11 is 3.47. The number of hydrogen-bond donors (Lipinski definition) is 1. The van der Waals surface area contributed by atoms with Crippen molar-refractivity contribution >= 4 is 21.9 Å². The van der Waals surface area contributed by atoms with E-state index in [1.807, 2.05) is 6.92 Å². The zero-order valence-electron chi connectivity index (χ0n) is 12.7. The maximum absolute atomic E-state index is 6.14. The molecule has 0 aromatic carbocycles. The van der Waals surface area contributed by atoms with Gasteiger partial charge in [-0.25, -0.2) is 4.98 Å². The molecule has 2 unspecified atom stereocenters. The van der Waals surface area contributed by atoms with Gasteiger partial charge in [-0.05, 0) is 53.4 Å². The number of hydrogen-bond acceptors (Lipinski definition) is 4. The van der Waals surface area contributed by atoms with Gasteiger partial charge in [-0.1, -0.05) is 20.8 Å². The first-order chi connectivity index (χ1) is 9.39. The van der Waals surface area contributed by atoms with E-state index < -0.39 is 0 Å². The number of nitrogens with zero attached hydrogens (tertiary/aromatic N) is 2. The molecule has 0 aliphatic heterocycles. The van der Waals surface area contributed by atoms with Crippen molar-refractivity contribution in [2.75, 3.05) is 11.9 Å². The molecular formula is C15H24BrN3O. The third-order valence-electron chi connectivity index (χ3n) is 3.67. The average molecular weight is 342 g/mol. The van der Waals surface area contributed by atoms with Gasteiger partial charge < -0.3 is 10.1 Å². The van der Waals surface area contributed by atoms with Crippen molar-refractivity contribution in [1.29, 1.82) is 0 Å². The molecule has 1 N–H and O–H groups in total. The van der Waals surface area contributed by atoms with Crippen LogP contribution in [0.15, 0.2) is 10.7 Å². The minimum Gasteiger partial charge on any atom is -0.473 e. The fourth-order valence-electron chi connectivity index (χ4n) is 3.18. The summed E-state index contributed by atoms with van der Waals surface area (Å²) in [6.07, 6.45) is 5.41. The predicted octanol–water partition coefficient (Wildman–Crippen LogP) is 4.26. The molecule has 1 aliphatic rings. The summed E-state index contributed by atoms with van der Waals surface area (Å²) in [5.74, 6) is 1.96. The lowest BCUT2D eigenvalue weighted by molar-refractivity contribution is 0.0527. The Bertz CT molecular complexity index is 464. The Morgan fingerprint density at radius 2 is 2.20 bits per heavy atom. The van der Waals surface area contributed by atoms with Gasteiger partial charge in [0.15, 0.2) is 0 Å². The molecule has 0 saturated heterocycles. The number of nitrogens with one attached hydrogen (secondary N) is 1.